The lowest BCUT2D eigenvalue weighted by molar-refractivity contribution is -0.232. The Morgan fingerprint density at radius 2 is 1.83 bits per heavy atom. The summed E-state index contributed by atoms with van der Waals surface area (Å²) in [6.45, 7) is -0.525. The number of nitrogens with one attached hydrogen (secondary N) is 2. The van der Waals surface area contributed by atoms with Crippen LogP contribution in [-0.4, -0.2) is 74.1 Å². The Morgan fingerprint density at radius 1 is 1.17 bits per heavy atom. The standard InChI is InChI=1S/C14H19N3O6S/c18-6-9-10(20)11(21)12(22)13(23-9)16-14(24)17-15-5-7-1-3-8(19)4-2-7/h1-5,9-13,18-22H,6H2,(H2,16,17,24)/b15-5+/t9-,10-,11+,12-,13-/m1/s1. The fourth-order valence-electron chi connectivity index (χ4n) is 2.11. The first-order chi connectivity index (χ1) is 11.4. The first kappa shape index (κ1) is 18.5. The molecule has 0 bridgehead atoms. The van der Waals surface area contributed by atoms with Gasteiger partial charge in [0.05, 0.1) is 12.8 Å². The zero-order chi connectivity index (χ0) is 17.7. The summed E-state index contributed by atoms with van der Waals surface area (Å²) in [5.74, 6) is 0.139. The molecule has 1 saturated heterocycles. The second-order valence-corrected chi connectivity index (χ2v) is 5.59. The van der Waals surface area contributed by atoms with Crippen LogP contribution < -0.4 is 10.7 Å². The molecule has 1 aromatic rings. The van der Waals surface area contributed by atoms with Crippen LogP contribution in [0.1, 0.15) is 5.56 Å². The molecule has 0 aliphatic carbocycles. The molecule has 0 amide bonds. The Kier molecular flexibility index (Phi) is 6.43. The summed E-state index contributed by atoms with van der Waals surface area (Å²) in [6, 6.07) is 6.31. The molecule has 1 aliphatic rings. The zero-order valence-corrected chi connectivity index (χ0v) is 13.3. The summed E-state index contributed by atoms with van der Waals surface area (Å²) in [4.78, 5) is 0. The Hall–Kier alpha value is -1.82. The Balaban J connectivity index is 1.88. The molecule has 132 valence electrons. The fourth-order valence-corrected chi connectivity index (χ4v) is 2.28. The third kappa shape index (κ3) is 4.60. The van der Waals surface area contributed by atoms with E-state index < -0.39 is 37.3 Å². The maximum atomic E-state index is 9.87. The van der Waals surface area contributed by atoms with Gasteiger partial charge < -0.3 is 35.6 Å². The SMILES string of the molecule is OC[C@H]1O[C@@H](NC(=S)N/N=C/c2ccc(O)cc2)[C@H](O)[C@@H](O)[C@@H]1O. The van der Waals surface area contributed by atoms with Gasteiger partial charge in [-0.3, -0.25) is 5.43 Å². The van der Waals surface area contributed by atoms with Crippen LogP contribution >= 0.6 is 12.2 Å². The number of hydrogen-bond donors (Lipinski definition) is 7. The minimum Gasteiger partial charge on any atom is -0.508 e. The lowest BCUT2D eigenvalue weighted by Crippen LogP contribution is -2.63. The van der Waals surface area contributed by atoms with Crippen molar-refractivity contribution in [2.75, 3.05) is 6.61 Å². The average Bonchev–Trinajstić information content (AvgIpc) is 2.57. The number of ether oxygens (including phenoxy) is 1. The molecule has 1 heterocycles. The van der Waals surface area contributed by atoms with E-state index in [2.05, 4.69) is 15.8 Å². The Labute approximate surface area is 143 Å². The van der Waals surface area contributed by atoms with E-state index in [0.717, 1.165) is 5.56 Å². The number of benzene rings is 1. The van der Waals surface area contributed by atoms with Crippen LogP contribution in [0.5, 0.6) is 5.75 Å². The van der Waals surface area contributed by atoms with Crippen molar-refractivity contribution in [2.45, 2.75) is 30.6 Å². The van der Waals surface area contributed by atoms with E-state index in [1.165, 1.54) is 18.3 Å². The van der Waals surface area contributed by atoms with Crippen molar-refractivity contribution < 1.29 is 30.3 Å². The number of phenols is 1. The highest BCUT2D eigenvalue weighted by Gasteiger charge is 2.43. The largest absolute Gasteiger partial charge is 0.508 e. The number of nitrogens with zero attached hydrogens (tertiary/aromatic N) is 1. The lowest BCUT2D eigenvalue weighted by Gasteiger charge is -2.40. The molecule has 0 saturated carbocycles. The smallest absolute Gasteiger partial charge is 0.189 e. The van der Waals surface area contributed by atoms with Gasteiger partial charge in [0, 0.05) is 0 Å². The van der Waals surface area contributed by atoms with E-state index in [4.69, 9.17) is 22.1 Å². The van der Waals surface area contributed by atoms with Gasteiger partial charge in [0.2, 0.25) is 0 Å². The molecule has 0 aromatic heterocycles. The third-order valence-corrected chi connectivity index (χ3v) is 3.65. The van der Waals surface area contributed by atoms with Gasteiger partial charge in [0.25, 0.3) is 0 Å². The molecular formula is C14H19N3O6S. The summed E-state index contributed by atoms with van der Waals surface area (Å²) < 4.78 is 5.25. The van der Waals surface area contributed by atoms with E-state index in [1.54, 1.807) is 12.1 Å². The van der Waals surface area contributed by atoms with Crippen LogP contribution in [0.25, 0.3) is 0 Å². The van der Waals surface area contributed by atoms with Gasteiger partial charge in [-0.05, 0) is 42.0 Å². The molecular weight excluding hydrogens is 338 g/mol. The molecule has 1 aromatic carbocycles. The summed E-state index contributed by atoms with van der Waals surface area (Å²) in [5, 5.41) is 54.0. The van der Waals surface area contributed by atoms with E-state index in [0.29, 0.717) is 0 Å². The normalized spacial score (nSPS) is 30.2. The maximum Gasteiger partial charge on any atom is 0.189 e. The van der Waals surface area contributed by atoms with E-state index >= 15 is 0 Å². The van der Waals surface area contributed by atoms with E-state index in [-0.39, 0.29) is 10.9 Å². The number of phenolic OH excluding ortho intramolecular Hbond substituents is 1. The van der Waals surface area contributed by atoms with Crippen LogP contribution in [0, 0.1) is 0 Å². The number of aromatic hydroxyl groups is 1. The van der Waals surface area contributed by atoms with Crippen molar-refractivity contribution in [3.63, 3.8) is 0 Å². The highest BCUT2D eigenvalue weighted by atomic mass is 32.1. The lowest BCUT2D eigenvalue weighted by atomic mass is 9.98. The minimum atomic E-state index is -1.49. The maximum absolute atomic E-state index is 9.87. The Morgan fingerprint density at radius 3 is 2.46 bits per heavy atom. The molecule has 1 aliphatic heterocycles. The van der Waals surface area contributed by atoms with E-state index in [1.807, 2.05) is 0 Å². The predicted molar refractivity (Wildman–Crippen MR) is 88.3 cm³/mol. The molecule has 0 radical (unpaired) electrons. The molecule has 0 spiro atoms. The van der Waals surface area contributed by atoms with Gasteiger partial charge in [0.15, 0.2) is 11.3 Å². The molecule has 1 fully saturated rings. The quantitative estimate of drug-likeness (QED) is 0.184. The summed E-state index contributed by atoms with van der Waals surface area (Å²) in [5.41, 5.74) is 3.22. The van der Waals surface area contributed by atoms with Crippen molar-refractivity contribution in [3.8, 4) is 5.75 Å². The second-order valence-electron chi connectivity index (χ2n) is 5.18. The number of rotatable bonds is 4. The topological polar surface area (TPSA) is 147 Å². The summed E-state index contributed by atoms with van der Waals surface area (Å²) in [6.07, 6.45) is -5.05. The van der Waals surface area contributed by atoms with Crippen molar-refractivity contribution in [3.05, 3.63) is 29.8 Å². The van der Waals surface area contributed by atoms with Crippen molar-refractivity contribution >= 4 is 23.5 Å². The number of aliphatic hydroxyl groups is 4. The van der Waals surface area contributed by atoms with Crippen molar-refractivity contribution in [1.82, 2.24) is 10.7 Å². The fraction of sp³-hybridized carbons (Fsp3) is 0.429. The van der Waals surface area contributed by atoms with Gasteiger partial charge in [-0.2, -0.15) is 5.10 Å². The van der Waals surface area contributed by atoms with Gasteiger partial charge in [-0.15, -0.1) is 0 Å². The predicted octanol–water partition coefficient (Wildman–Crippen LogP) is -2.01. The van der Waals surface area contributed by atoms with Crippen LogP contribution in [0.4, 0.5) is 0 Å². The molecule has 0 unspecified atom stereocenters. The van der Waals surface area contributed by atoms with Gasteiger partial charge in [0.1, 0.15) is 30.2 Å². The molecule has 7 N–H and O–H groups in total. The van der Waals surface area contributed by atoms with Gasteiger partial charge in [-0.25, -0.2) is 0 Å². The van der Waals surface area contributed by atoms with Crippen LogP contribution in [-0.2, 0) is 4.74 Å². The number of thiocarbonyl (C=S) groups is 1. The van der Waals surface area contributed by atoms with Crippen LogP contribution in [0.15, 0.2) is 29.4 Å². The minimum absolute atomic E-state index is 0.00866. The van der Waals surface area contributed by atoms with Crippen LogP contribution in [0.2, 0.25) is 0 Å². The van der Waals surface area contributed by atoms with Crippen molar-refractivity contribution in [1.29, 1.82) is 0 Å². The molecule has 10 heteroatoms. The van der Waals surface area contributed by atoms with Crippen molar-refractivity contribution in [2.24, 2.45) is 5.10 Å². The molecule has 9 nitrogen and oxygen atoms in total. The monoisotopic (exact) mass is 357 g/mol. The zero-order valence-electron chi connectivity index (χ0n) is 12.5. The Bertz CT molecular complexity index is 582. The average molecular weight is 357 g/mol. The summed E-state index contributed by atoms with van der Waals surface area (Å²) >= 11 is 4.99. The highest BCUT2D eigenvalue weighted by molar-refractivity contribution is 7.80. The molecule has 2 rings (SSSR count). The molecule has 24 heavy (non-hydrogen) atoms. The number of hydrazone groups is 1. The van der Waals surface area contributed by atoms with Gasteiger partial charge in [-0.1, -0.05) is 0 Å². The molecule has 5 atom stereocenters. The first-order valence-electron chi connectivity index (χ1n) is 7.11. The first-order valence-corrected chi connectivity index (χ1v) is 7.52. The second kappa shape index (κ2) is 8.33. The number of hydrogen-bond acceptors (Lipinski definition) is 8. The van der Waals surface area contributed by atoms with Crippen LogP contribution in [0.3, 0.4) is 0 Å². The van der Waals surface area contributed by atoms with Gasteiger partial charge >= 0.3 is 0 Å². The van der Waals surface area contributed by atoms with E-state index in [9.17, 15) is 20.4 Å². The number of aliphatic hydroxyl groups excluding tert-OH is 4. The third-order valence-electron chi connectivity index (χ3n) is 3.44. The highest BCUT2D eigenvalue weighted by Crippen LogP contribution is 2.19. The summed E-state index contributed by atoms with van der Waals surface area (Å²) in [7, 11) is 0.